The van der Waals surface area contributed by atoms with Crippen LogP contribution in [-0.4, -0.2) is 36.1 Å². The van der Waals surface area contributed by atoms with Crippen molar-refractivity contribution in [3.63, 3.8) is 0 Å². The van der Waals surface area contributed by atoms with Crippen molar-refractivity contribution in [3.8, 4) is 0 Å². The first-order chi connectivity index (χ1) is 5.89. The van der Waals surface area contributed by atoms with Gasteiger partial charge in [0.05, 0.1) is 6.54 Å². The molecule has 1 heterocycles. The maximum absolute atomic E-state index is 11.6. The molecule has 0 aliphatic carbocycles. The van der Waals surface area contributed by atoms with Gasteiger partial charge in [-0.1, -0.05) is 0 Å². The molecule has 1 aliphatic heterocycles. The molecule has 0 N–H and O–H groups in total. The Labute approximate surface area is 71.2 Å². The molecule has 0 atom stereocenters. The van der Waals surface area contributed by atoms with Gasteiger partial charge in [-0.15, -0.1) is 5.06 Å². The first kappa shape index (κ1) is 9.97. The molecule has 0 aromatic carbocycles. The first-order valence-electron chi connectivity index (χ1n) is 3.45. The SMILES string of the molecule is O=C1CCN(OC(=O)C(F)(F)F)C1. The zero-order chi connectivity index (χ0) is 10.1. The maximum atomic E-state index is 11.6. The van der Waals surface area contributed by atoms with Crippen molar-refractivity contribution in [1.29, 1.82) is 0 Å². The average molecular weight is 197 g/mol. The van der Waals surface area contributed by atoms with Gasteiger partial charge in [0.15, 0.2) is 5.78 Å². The highest BCUT2D eigenvalue weighted by Crippen LogP contribution is 2.18. The van der Waals surface area contributed by atoms with Crippen molar-refractivity contribution in [2.75, 3.05) is 13.1 Å². The number of halogens is 3. The van der Waals surface area contributed by atoms with Gasteiger partial charge in [0.1, 0.15) is 0 Å². The minimum atomic E-state index is -5.01. The van der Waals surface area contributed by atoms with E-state index in [9.17, 15) is 22.8 Å². The smallest absolute Gasteiger partial charge is 0.360 e. The Balaban J connectivity index is 2.42. The van der Waals surface area contributed by atoms with E-state index in [0.29, 0.717) is 5.06 Å². The van der Waals surface area contributed by atoms with E-state index in [-0.39, 0.29) is 25.3 Å². The highest BCUT2D eigenvalue weighted by atomic mass is 19.4. The van der Waals surface area contributed by atoms with Gasteiger partial charge in [0.2, 0.25) is 0 Å². The first-order valence-corrected chi connectivity index (χ1v) is 3.45. The lowest BCUT2D eigenvalue weighted by atomic mass is 10.4. The van der Waals surface area contributed by atoms with Crippen molar-refractivity contribution in [2.45, 2.75) is 12.6 Å². The molecule has 1 aliphatic rings. The van der Waals surface area contributed by atoms with Gasteiger partial charge >= 0.3 is 12.1 Å². The predicted molar refractivity (Wildman–Crippen MR) is 33.3 cm³/mol. The van der Waals surface area contributed by atoms with Crippen molar-refractivity contribution in [2.24, 2.45) is 0 Å². The molecule has 7 heteroatoms. The monoisotopic (exact) mass is 197 g/mol. The summed E-state index contributed by atoms with van der Waals surface area (Å²) in [6.45, 7) is -0.234. The average Bonchev–Trinajstić information content (AvgIpc) is 2.33. The van der Waals surface area contributed by atoms with E-state index in [1.807, 2.05) is 0 Å². The fourth-order valence-corrected chi connectivity index (χ4v) is 0.851. The highest BCUT2D eigenvalue weighted by molar-refractivity contribution is 5.83. The van der Waals surface area contributed by atoms with Crippen molar-refractivity contribution >= 4 is 11.8 Å². The number of Topliss-reactive ketones (excluding diaryl/α,β-unsaturated/α-hetero) is 1. The lowest BCUT2D eigenvalue weighted by Crippen LogP contribution is -2.33. The molecule has 0 radical (unpaired) electrons. The number of rotatable bonds is 1. The summed E-state index contributed by atoms with van der Waals surface area (Å²) in [4.78, 5) is 24.7. The molecule has 0 bridgehead atoms. The van der Waals surface area contributed by atoms with Gasteiger partial charge in [-0.2, -0.15) is 13.2 Å². The van der Waals surface area contributed by atoms with Crippen LogP contribution >= 0.6 is 0 Å². The van der Waals surface area contributed by atoms with E-state index in [0.717, 1.165) is 0 Å². The van der Waals surface area contributed by atoms with Gasteiger partial charge in [-0.25, -0.2) is 4.79 Å². The highest BCUT2D eigenvalue weighted by Gasteiger charge is 2.43. The van der Waals surface area contributed by atoms with E-state index in [4.69, 9.17) is 0 Å². The third kappa shape index (κ3) is 2.69. The molecule has 74 valence electrons. The number of ketones is 1. The summed E-state index contributed by atoms with van der Waals surface area (Å²) >= 11 is 0. The summed E-state index contributed by atoms with van der Waals surface area (Å²) in [6, 6.07) is 0. The molecule has 4 nitrogen and oxygen atoms in total. The number of nitrogens with zero attached hydrogens (tertiary/aromatic N) is 1. The van der Waals surface area contributed by atoms with Crippen LogP contribution in [0.5, 0.6) is 0 Å². The predicted octanol–water partition coefficient (Wildman–Crippen LogP) is 0.282. The number of carbonyl (C=O) groups excluding carboxylic acids is 2. The Kier molecular flexibility index (Phi) is 2.55. The van der Waals surface area contributed by atoms with Crippen molar-refractivity contribution in [1.82, 2.24) is 5.06 Å². The largest absolute Gasteiger partial charge is 0.492 e. The van der Waals surface area contributed by atoms with Crippen LogP contribution in [0.3, 0.4) is 0 Å². The normalized spacial score (nSPS) is 19.2. The number of alkyl halides is 3. The lowest BCUT2D eigenvalue weighted by molar-refractivity contribution is -0.234. The summed E-state index contributed by atoms with van der Waals surface area (Å²) in [5.74, 6) is -2.53. The Hall–Kier alpha value is -1.11. The molecule has 0 saturated carbocycles. The second-order valence-electron chi connectivity index (χ2n) is 2.53. The van der Waals surface area contributed by atoms with Crippen LogP contribution in [0.1, 0.15) is 6.42 Å². The lowest BCUT2D eigenvalue weighted by Gasteiger charge is -2.14. The molecule has 0 spiro atoms. The fourth-order valence-electron chi connectivity index (χ4n) is 0.851. The van der Waals surface area contributed by atoms with Crippen molar-refractivity contribution < 1.29 is 27.6 Å². The summed E-state index contributed by atoms with van der Waals surface area (Å²) in [5, 5.41) is 0.707. The fraction of sp³-hybridized carbons (Fsp3) is 0.667. The minimum Gasteiger partial charge on any atom is -0.360 e. The molecule has 1 fully saturated rings. The zero-order valence-electron chi connectivity index (χ0n) is 6.43. The Morgan fingerprint density at radius 1 is 1.46 bits per heavy atom. The zero-order valence-corrected chi connectivity index (χ0v) is 6.43. The summed E-state index contributed by atoms with van der Waals surface area (Å²) < 4.78 is 34.8. The summed E-state index contributed by atoms with van der Waals surface area (Å²) in [6.07, 6.45) is -4.89. The topological polar surface area (TPSA) is 46.6 Å². The second kappa shape index (κ2) is 3.33. The molecule has 0 amide bonds. The molecule has 13 heavy (non-hydrogen) atoms. The third-order valence-corrected chi connectivity index (χ3v) is 1.44. The van der Waals surface area contributed by atoms with Crippen LogP contribution in [0.25, 0.3) is 0 Å². The van der Waals surface area contributed by atoms with Crippen molar-refractivity contribution in [3.05, 3.63) is 0 Å². The van der Waals surface area contributed by atoms with E-state index >= 15 is 0 Å². The molecule has 0 aromatic heterocycles. The van der Waals surface area contributed by atoms with Gasteiger partial charge in [0.25, 0.3) is 0 Å². The van der Waals surface area contributed by atoms with Gasteiger partial charge < -0.3 is 4.84 Å². The van der Waals surface area contributed by atoms with Crippen LogP contribution in [0.4, 0.5) is 13.2 Å². The quantitative estimate of drug-likeness (QED) is 0.605. The van der Waals surface area contributed by atoms with Crippen LogP contribution in [-0.2, 0) is 14.4 Å². The molecule has 1 rings (SSSR count). The van der Waals surface area contributed by atoms with Crippen LogP contribution in [0, 0.1) is 0 Å². The molecule has 0 aromatic rings. The van der Waals surface area contributed by atoms with E-state index in [1.165, 1.54) is 0 Å². The van der Waals surface area contributed by atoms with E-state index < -0.39 is 12.1 Å². The second-order valence-corrected chi connectivity index (χ2v) is 2.53. The number of carbonyl (C=O) groups is 2. The summed E-state index contributed by atoms with van der Waals surface area (Å²) in [7, 11) is 0. The van der Waals surface area contributed by atoms with Gasteiger partial charge in [0, 0.05) is 13.0 Å². The molecular formula is C6H6F3NO3. The maximum Gasteiger partial charge on any atom is 0.492 e. The van der Waals surface area contributed by atoms with Crippen LogP contribution in [0.2, 0.25) is 0 Å². The third-order valence-electron chi connectivity index (χ3n) is 1.44. The Morgan fingerprint density at radius 2 is 2.08 bits per heavy atom. The number of hydroxylamine groups is 2. The Morgan fingerprint density at radius 3 is 2.46 bits per heavy atom. The van der Waals surface area contributed by atoms with Gasteiger partial charge in [-0.3, -0.25) is 4.79 Å². The van der Waals surface area contributed by atoms with E-state index in [1.54, 1.807) is 0 Å². The number of hydrogen-bond donors (Lipinski definition) is 0. The van der Waals surface area contributed by atoms with Crippen LogP contribution in [0.15, 0.2) is 0 Å². The Bertz CT molecular complexity index is 238. The summed E-state index contributed by atoms with van der Waals surface area (Å²) in [5.41, 5.74) is 0. The minimum absolute atomic E-state index is 0.0284. The number of hydrogen-bond acceptors (Lipinski definition) is 4. The van der Waals surface area contributed by atoms with Crippen LogP contribution < -0.4 is 0 Å². The molecule has 1 saturated heterocycles. The standard InChI is InChI=1S/C6H6F3NO3/c7-6(8,9)5(12)13-10-2-1-4(11)3-10/h1-3H2. The molecular weight excluding hydrogens is 191 g/mol. The van der Waals surface area contributed by atoms with E-state index in [2.05, 4.69) is 4.84 Å². The molecule has 0 unspecified atom stereocenters. The van der Waals surface area contributed by atoms with Gasteiger partial charge in [-0.05, 0) is 0 Å².